The summed E-state index contributed by atoms with van der Waals surface area (Å²) in [5.74, 6) is -1.24. The number of rotatable bonds is 15. The van der Waals surface area contributed by atoms with E-state index in [-0.39, 0.29) is 30.4 Å². The van der Waals surface area contributed by atoms with Gasteiger partial charge >= 0.3 is 0 Å². The first kappa shape index (κ1) is 31.4. The lowest BCUT2D eigenvalue weighted by molar-refractivity contribution is -0.146. The Morgan fingerprint density at radius 1 is 1.15 bits per heavy atom. The molecule has 0 aliphatic carbocycles. The van der Waals surface area contributed by atoms with Gasteiger partial charge in [0.05, 0.1) is 16.6 Å². The summed E-state index contributed by atoms with van der Waals surface area (Å²) in [5, 5.41) is 9.47. The molecule has 3 fully saturated rings. The first-order chi connectivity index (χ1) is 19.7. The van der Waals surface area contributed by atoms with Crippen molar-refractivity contribution in [3.8, 4) is 0 Å². The first-order valence-electron chi connectivity index (χ1n) is 15.2. The van der Waals surface area contributed by atoms with Crippen molar-refractivity contribution in [2.45, 2.75) is 87.4 Å². The molecule has 41 heavy (non-hydrogen) atoms. The maximum Gasteiger partial charge on any atom is 0.247 e. The lowest BCUT2D eigenvalue weighted by Gasteiger charge is -2.39. The minimum atomic E-state index is -0.652. The van der Waals surface area contributed by atoms with E-state index in [0.29, 0.717) is 39.0 Å². The second-order valence-electron chi connectivity index (χ2n) is 12.1. The zero-order valence-electron chi connectivity index (χ0n) is 25.0. The summed E-state index contributed by atoms with van der Waals surface area (Å²) in [7, 11) is 0. The fourth-order valence-corrected chi connectivity index (χ4v) is 9.81. The van der Waals surface area contributed by atoms with Gasteiger partial charge in [-0.2, -0.15) is 0 Å². The minimum absolute atomic E-state index is 0.0147. The van der Waals surface area contributed by atoms with Crippen LogP contribution < -0.4 is 0 Å². The molecule has 0 radical (unpaired) electrons. The van der Waals surface area contributed by atoms with E-state index >= 15 is 0 Å². The quantitative estimate of drug-likeness (QED) is 0.241. The summed E-state index contributed by atoms with van der Waals surface area (Å²) in [6, 6.07) is 9.27. The molecular weight excluding hydrogens is 534 g/mol. The Bertz CT molecular complexity index is 1130. The van der Waals surface area contributed by atoms with Crippen LogP contribution >= 0.6 is 11.8 Å². The van der Waals surface area contributed by atoms with E-state index in [1.165, 1.54) is 0 Å². The van der Waals surface area contributed by atoms with Crippen molar-refractivity contribution in [3.05, 3.63) is 61.2 Å². The molecule has 8 heteroatoms. The zero-order chi connectivity index (χ0) is 29.8. The number of aliphatic hydroxyl groups is 1. The molecule has 224 valence electrons. The third-order valence-electron chi connectivity index (χ3n) is 9.31. The standard InChI is InChI=1S/C33H47N3O4S/c1-6-14-24(4)35(20-8-3)31(40)28-33-18-17-32(5,41-33)26(27(33)30(39)36(28)21-12-13-22-37)29(38)34(19-7-2)23-25-15-10-9-11-16-25/h7-11,15-16,24,26-28,37H,2-3,6,12-14,17-23H2,1,4-5H3/t24?,26-,27+,28?,32+,33?/m1/s1. The number of carbonyl (C=O) groups is 3. The number of fused-ring (bicyclic) bond motifs is 1. The summed E-state index contributed by atoms with van der Waals surface area (Å²) < 4.78 is -1.08. The summed E-state index contributed by atoms with van der Waals surface area (Å²) in [5.41, 5.74) is 1.03. The molecule has 1 aromatic rings. The third-order valence-corrected chi connectivity index (χ3v) is 11.3. The number of aliphatic hydroxyl groups excluding tert-OH is 1. The Hall–Kier alpha value is -2.58. The fraction of sp³-hybridized carbons (Fsp3) is 0.606. The second-order valence-corrected chi connectivity index (χ2v) is 14.0. The van der Waals surface area contributed by atoms with Crippen LogP contribution in [0.15, 0.2) is 55.6 Å². The molecule has 2 bridgehead atoms. The van der Waals surface area contributed by atoms with Crippen LogP contribution in [0.25, 0.3) is 0 Å². The highest BCUT2D eigenvalue weighted by molar-refractivity contribution is 8.02. The van der Waals surface area contributed by atoms with E-state index in [0.717, 1.165) is 31.2 Å². The van der Waals surface area contributed by atoms with Gasteiger partial charge < -0.3 is 19.8 Å². The van der Waals surface area contributed by atoms with Crippen LogP contribution in [0.4, 0.5) is 0 Å². The van der Waals surface area contributed by atoms with Crippen LogP contribution in [-0.2, 0) is 20.9 Å². The predicted molar refractivity (Wildman–Crippen MR) is 165 cm³/mol. The smallest absolute Gasteiger partial charge is 0.247 e. The molecule has 3 unspecified atom stereocenters. The lowest BCUT2D eigenvalue weighted by Crippen LogP contribution is -2.56. The molecule has 3 saturated heterocycles. The second kappa shape index (κ2) is 13.2. The molecule has 3 amide bonds. The lowest BCUT2D eigenvalue weighted by atomic mass is 9.66. The Kier molecular flexibility index (Phi) is 10.1. The number of carbonyl (C=O) groups excluding carboxylic acids is 3. The zero-order valence-corrected chi connectivity index (χ0v) is 25.8. The Balaban J connectivity index is 1.74. The molecule has 3 aliphatic heterocycles. The number of benzene rings is 1. The first-order valence-corrected chi connectivity index (χ1v) is 16.0. The van der Waals surface area contributed by atoms with Gasteiger partial charge in [-0.15, -0.1) is 24.9 Å². The van der Waals surface area contributed by atoms with Crippen molar-refractivity contribution < 1.29 is 19.5 Å². The molecule has 1 spiro atoms. The van der Waals surface area contributed by atoms with Crippen molar-refractivity contribution in [1.29, 1.82) is 0 Å². The third kappa shape index (κ3) is 5.74. The van der Waals surface area contributed by atoms with Crippen LogP contribution in [0.2, 0.25) is 0 Å². The summed E-state index contributed by atoms with van der Waals surface area (Å²) >= 11 is 1.72. The molecule has 4 rings (SSSR count). The highest BCUT2D eigenvalue weighted by atomic mass is 32.2. The summed E-state index contributed by atoms with van der Waals surface area (Å²) in [6.45, 7) is 15.8. The van der Waals surface area contributed by atoms with Gasteiger partial charge in [0.15, 0.2) is 0 Å². The predicted octanol–water partition coefficient (Wildman–Crippen LogP) is 4.66. The van der Waals surface area contributed by atoms with E-state index in [4.69, 9.17) is 0 Å². The van der Waals surface area contributed by atoms with Crippen molar-refractivity contribution in [2.75, 3.05) is 26.2 Å². The van der Waals surface area contributed by atoms with Gasteiger partial charge in [0.25, 0.3) is 0 Å². The Labute approximate surface area is 250 Å². The van der Waals surface area contributed by atoms with Crippen molar-refractivity contribution in [3.63, 3.8) is 0 Å². The molecule has 0 saturated carbocycles. The topological polar surface area (TPSA) is 81.2 Å². The molecular formula is C33H47N3O4S. The Morgan fingerprint density at radius 2 is 1.85 bits per heavy atom. The van der Waals surface area contributed by atoms with E-state index < -0.39 is 27.4 Å². The molecule has 3 aliphatic rings. The van der Waals surface area contributed by atoms with E-state index in [1.54, 1.807) is 28.8 Å². The molecule has 3 heterocycles. The largest absolute Gasteiger partial charge is 0.396 e. The van der Waals surface area contributed by atoms with Crippen LogP contribution in [-0.4, -0.2) is 85.3 Å². The molecule has 1 aromatic carbocycles. The Morgan fingerprint density at radius 3 is 2.49 bits per heavy atom. The van der Waals surface area contributed by atoms with Crippen LogP contribution in [0, 0.1) is 11.8 Å². The minimum Gasteiger partial charge on any atom is -0.396 e. The van der Waals surface area contributed by atoms with Gasteiger partial charge in [-0.25, -0.2) is 0 Å². The molecule has 0 aromatic heterocycles. The van der Waals surface area contributed by atoms with Gasteiger partial charge in [-0.3, -0.25) is 14.4 Å². The SMILES string of the molecule is C=CCN(Cc1ccccc1)C(=O)[C@H]1[C@H]2C(=O)N(CCCCO)C(C(=O)N(CC=C)C(C)CCC)C23CC[C@]1(C)S3. The average molecular weight is 582 g/mol. The van der Waals surface area contributed by atoms with Crippen molar-refractivity contribution in [2.24, 2.45) is 11.8 Å². The highest BCUT2D eigenvalue weighted by Crippen LogP contribution is 2.71. The molecule has 7 nitrogen and oxygen atoms in total. The number of hydrogen-bond donors (Lipinski definition) is 1. The molecule has 1 N–H and O–H groups in total. The van der Waals surface area contributed by atoms with Gasteiger partial charge in [0.2, 0.25) is 17.7 Å². The highest BCUT2D eigenvalue weighted by Gasteiger charge is 2.77. The van der Waals surface area contributed by atoms with Crippen molar-refractivity contribution in [1.82, 2.24) is 14.7 Å². The van der Waals surface area contributed by atoms with Gasteiger partial charge in [-0.1, -0.05) is 55.8 Å². The molecule has 6 atom stereocenters. The van der Waals surface area contributed by atoms with Gasteiger partial charge in [0.1, 0.15) is 6.04 Å². The average Bonchev–Trinajstić information content (AvgIpc) is 3.52. The van der Waals surface area contributed by atoms with Crippen LogP contribution in [0.5, 0.6) is 0 Å². The maximum absolute atomic E-state index is 14.5. The monoisotopic (exact) mass is 581 g/mol. The van der Waals surface area contributed by atoms with Gasteiger partial charge in [-0.05, 0) is 51.5 Å². The number of thioether (sulfide) groups is 1. The van der Waals surface area contributed by atoms with E-state index in [2.05, 4.69) is 33.9 Å². The number of nitrogens with zero attached hydrogens (tertiary/aromatic N) is 3. The van der Waals surface area contributed by atoms with Crippen LogP contribution in [0.1, 0.15) is 64.9 Å². The number of amides is 3. The number of likely N-dealkylation sites (tertiary alicyclic amines) is 1. The fourth-order valence-electron chi connectivity index (χ4n) is 7.46. The number of unbranched alkanes of at least 4 members (excludes halogenated alkanes) is 1. The summed E-state index contributed by atoms with van der Waals surface area (Å²) in [4.78, 5) is 48.9. The van der Waals surface area contributed by atoms with Crippen LogP contribution in [0.3, 0.4) is 0 Å². The van der Waals surface area contributed by atoms with Crippen molar-refractivity contribution >= 4 is 29.5 Å². The maximum atomic E-state index is 14.5. The summed E-state index contributed by atoms with van der Waals surface area (Å²) in [6.07, 6.45) is 7.99. The van der Waals surface area contributed by atoms with E-state index in [1.807, 2.05) is 40.1 Å². The van der Waals surface area contributed by atoms with E-state index in [9.17, 15) is 19.5 Å². The normalized spacial score (nSPS) is 28.8. The van der Waals surface area contributed by atoms with Gasteiger partial charge in [0, 0.05) is 43.6 Å². The number of hydrogen-bond acceptors (Lipinski definition) is 5.